The molecule has 0 aliphatic carbocycles. The summed E-state index contributed by atoms with van der Waals surface area (Å²) in [4.78, 5) is 2.65. The van der Waals surface area contributed by atoms with Gasteiger partial charge in [0.15, 0.2) is 0 Å². The Bertz CT molecular complexity index is 535. The summed E-state index contributed by atoms with van der Waals surface area (Å²) in [5.74, 6) is 0. The lowest BCUT2D eigenvalue weighted by molar-refractivity contribution is 0.186. The second-order valence-corrected chi connectivity index (χ2v) is 6.06. The van der Waals surface area contributed by atoms with Crippen molar-refractivity contribution in [2.45, 2.75) is 45.1 Å². The zero-order chi connectivity index (χ0) is 13.8. The van der Waals surface area contributed by atoms with E-state index in [-0.39, 0.29) is 0 Å². The molecule has 1 fully saturated rings. The minimum atomic E-state index is 0.692. The first-order valence-electron chi connectivity index (χ1n) is 8.16. The standard InChI is InChI=1S/C18H26N2/c1-2-3-6-12-19-13-10-17(11-14-19)20-15-9-16-7-4-5-8-18(16)20/h4-5,7-9,15,17H,2-3,6,10-14H2,1H3. The van der Waals surface area contributed by atoms with Crippen LogP contribution in [0.1, 0.15) is 45.1 Å². The van der Waals surface area contributed by atoms with Crippen molar-refractivity contribution in [1.82, 2.24) is 9.47 Å². The number of nitrogens with zero attached hydrogens (tertiary/aromatic N) is 2. The van der Waals surface area contributed by atoms with Gasteiger partial charge in [-0.1, -0.05) is 38.0 Å². The van der Waals surface area contributed by atoms with E-state index >= 15 is 0 Å². The van der Waals surface area contributed by atoms with Crippen LogP contribution in [0.2, 0.25) is 0 Å². The Hall–Kier alpha value is -1.28. The van der Waals surface area contributed by atoms with E-state index in [0.717, 1.165) is 0 Å². The Morgan fingerprint density at radius 3 is 2.65 bits per heavy atom. The average molecular weight is 270 g/mol. The Morgan fingerprint density at radius 1 is 1.05 bits per heavy atom. The Labute approximate surface area is 122 Å². The van der Waals surface area contributed by atoms with Crippen molar-refractivity contribution in [3.8, 4) is 0 Å². The summed E-state index contributed by atoms with van der Waals surface area (Å²) < 4.78 is 2.50. The van der Waals surface area contributed by atoms with Gasteiger partial charge in [-0.15, -0.1) is 0 Å². The number of unbranched alkanes of at least 4 members (excludes halogenated alkanes) is 2. The first-order chi connectivity index (χ1) is 9.88. The van der Waals surface area contributed by atoms with Gasteiger partial charge in [-0.2, -0.15) is 0 Å². The van der Waals surface area contributed by atoms with Crippen molar-refractivity contribution < 1.29 is 0 Å². The van der Waals surface area contributed by atoms with Crippen LogP contribution in [0.4, 0.5) is 0 Å². The van der Waals surface area contributed by atoms with Gasteiger partial charge in [0.05, 0.1) is 0 Å². The molecule has 0 saturated carbocycles. The lowest BCUT2D eigenvalue weighted by Crippen LogP contribution is -2.35. The predicted molar refractivity (Wildman–Crippen MR) is 86.2 cm³/mol. The van der Waals surface area contributed by atoms with Crippen LogP contribution in [0.25, 0.3) is 10.9 Å². The van der Waals surface area contributed by atoms with Crippen molar-refractivity contribution in [2.24, 2.45) is 0 Å². The smallest absolute Gasteiger partial charge is 0.0482 e. The van der Waals surface area contributed by atoms with E-state index in [1.54, 1.807) is 0 Å². The maximum absolute atomic E-state index is 2.65. The zero-order valence-corrected chi connectivity index (χ0v) is 12.6. The number of benzene rings is 1. The largest absolute Gasteiger partial charge is 0.344 e. The van der Waals surface area contributed by atoms with Gasteiger partial charge in [-0.05, 0) is 43.3 Å². The predicted octanol–water partition coefficient (Wildman–Crippen LogP) is 4.47. The van der Waals surface area contributed by atoms with Crippen molar-refractivity contribution in [3.63, 3.8) is 0 Å². The number of rotatable bonds is 5. The minimum absolute atomic E-state index is 0.692. The van der Waals surface area contributed by atoms with Crippen LogP contribution in [0.5, 0.6) is 0 Å². The van der Waals surface area contributed by atoms with Crippen molar-refractivity contribution >= 4 is 10.9 Å². The third-order valence-corrected chi connectivity index (χ3v) is 4.66. The van der Waals surface area contributed by atoms with Gasteiger partial charge in [-0.3, -0.25) is 0 Å². The van der Waals surface area contributed by atoms with Crippen molar-refractivity contribution in [1.29, 1.82) is 0 Å². The summed E-state index contributed by atoms with van der Waals surface area (Å²) in [6.45, 7) is 6.11. The molecule has 1 aromatic carbocycles. The molecule has 0 atom stereocenters. The zero-order valence-electron chi connectivity index (χ0n) is 12.6. The highest BCUT2D eigenvalue weighted by molar-refractivity contribution is 5.80. The van der Waals surface area contributed by atoms with E-state index in [1.165, 1.54) is 62.6 Å². The van der Waals surface area contributed by atoms with Crippen LogP contribution in [0, 0.1) is 0 Å². The number of hydrogen-bond acceptors (Lipinski definition) is 1. The van der Waals surface area contributed by atoms with Gasteiger partial charge >= 0.3 is 0 Å². The van der Waals surface area contributed by atoms with Gasteiger partial charge in [0.25, 0.3) is 0 Å². The summed E-state index contributed by atoms with van der Waals surface area (Å²) in [5, 5.41) is 1.37. The fraction of sp³-hybridized carbons (Fsp3) is 0.556. The molecule has 0 unspecified atom stereocenters. The lowest BCUT2D eigenvalue weighted by atomic mass is 10.0. The van der Waals surface area contributed by atoms with Crippen LogP contribution < -0.4 is 0 Å². The van der Waals surface area contributed by atoms with Crippen LogP contribution in [-0.4, -0.2) is 29.1 Å². The third kappa shape index (κ3) is 2.90. The van der Waals surface area contributed by atoms with Gasteiger partial charge in [0, 0.05) is 30.8 Å². The fourth-order valence-corrected chi connectivity index (χ4v) is 3.43. The molecule has 2 nitrogen and oxygen atoms in total. The highest BCUT2D eigenvalue weighted by atomic mass is 15.1. The van der Waals surface area contributed by atoms with Crippen LogP contribution >= 0.6 is 0 Å². The maximum Gasteiger partial charge on any atom is 0.0482 e. The molecule has 0 bridgehead atoms. The molecule has 2 heteroatoms. The van der Waals surface area contributed by atoms with E-state index in [1.807, 2.05) is 0 Å². The molecular weight excluding hydrogens is 244 g/mol. The molecule has 0 amide bonds. The number of aromatic nitrogens is 1. The topological polar surface area (TPSA) is 8.17 Å². The first kappa shape index (κ1) is 13.7. The molecule has 3 rings (SSSR count). The highest BCUT2D eigenvalue weighted by Gasteiger charge is 2.20. The van der Waals surface area contributed by atoms with E-state index in [4.69, 9.17) is 0 Å². The molecule has 108 valence electrons. The minimum Gasteiger partial charge on any atom is -0.344 e. The number of fused-ring (bicyclic) bond motifs is 1. The van der Waals surface area contributed by atoms with E-state index < -0.39 is 0 Å². The van der Waals surface area contributed by atoms with E-state index in [9.17, 15) is 0 Å². The van der Waals surface area contributed by atoms with Crippen LogP contribution in [0.15, 0.2) is 36.5 Å². The lowest BCUT2D eigenvalue weighted by Gasteiger charge is -2.33. The Balaban J connectivity index is 1.60. The second-order valence-electron chi connectivity index (χ2n) is 6.06. The number of para-hydroxylation sites is 1. The quantitative estimate of drug-likeness (QED) is 0.728. The monoisotopic (exact) mass is 270 g/mol. The number of likely N-dealkylation sites (tertiary alicyclic amines) is 1. The van der Waals surface area contributed by atoms with E-state index in [0.29, 0.717) is 6.04 Å². The van der Waals surface area contributed by atoms with Crippen molar-refractivity contribution in [2.75, 3.05) is 19.6 Å². The maximum atomic E-state index is 2.65. The fourth-order valence-electron chi connectivity index (χ4n) is 3.43. The van der Waals surface area contributed by atoms with Gasteiger partial charge in [-0.25, -0.2) is 0 Å². The molecule has 1 aromatic heterocycles. The molecule has 0 spiro atoms. The summed E-state index contributed by atoms with van der Waals surface area (Å²) in [7, 11) is 0. The molecule has 2 aromatic rings. The highest BCUT2D eigenvalue weighted by Crippen LogP contribution is 2.27. The Morgan fingerprint density at radius 2 is 1.85 bits per heavy atom. The molecule has 2 heterocycles. The number of piperidine rings is 1. The molecule has 1 saturated heterocycles. The first-order valence-corrected chi connectivity index (χ1v) is 8.16. The third-order valence-electron chi connectivity index (χ3n) is 4.66. The molecule has 1 aliphatic rings. The number of hydrogen-bond donors (Lipinski definition) is 0. The summed E-state index contributed by atoms with van der Waals surface area (Å²) in [5.41, 5.74) is 1.40. The normalized spacial score (nSPS) is 17.9. The van der Waals surface area contributed by atoms with Gasteiger partial charge in [0.2, 0.25) is 0 Å². The van der Waals surface area contributed by atoms with Gasteiger partial charge in [0.1, 0.15) is 0 Å². The summed E-state index contributed by atoms with van der Waals surface area (Å²) in [6.07, 6.45) is 8.94. The SMILES string of the molecule is CCCCCN1CCC(n2ccc3ccccc32)CC1. The Kier molecular flexibility index (Phi) is 4.41. The van der Waals surface area contributed by atoms with E-state index in [2.05, 4.69) is 52.9 Å². The second kappa shape index (κ2) is 6.45. The molecular formula is C18H26N2. The molecule has 1 aliphatic heterocycles. The molecule has 0 radical (unpaired) electrons. The van der Waals surface area contributed by atoms with Crippen LogP contribution in [0.3, 0.4) is 0 Å². The van der Waals surface area contributed by atoms with Gasteiger partial charge < -0.3 is 9.47 Å². The van der Waals surface area contributed by atoms with Crippen LogP contribution in [-0.2, 0) is 0 Å². The summed E-state index contributed by atoms with van der Waals surface area (Å²) in [6, 6.07) is 11.7. The average Bonchev–Trinajstić information content (AvgIpc) is 2.92. The summed E-state index contributed by atoms with van der Waals surface area (Å²) >= 11 is 0. The van der Waals surface area contributed by atoms with Crippen molar-refractivity contribution in [3.05, 3.63) is 36.5 Å². The molecule has 20 heavy (non-hydrogen) atoms. The molecule has 0 N–H and O–H groups in total.